The molecule has 0 atom stereocenters. The molecule has 1 amide bonds. The summed E-state index contributed by atoms with van der Waals surface area (Å²) in [6.07, 6.45) is 3.14. The van der Waals surface area contributed by atoms with Gasteiger partial charge in [0.25, 0.3) is 5.91 Å². The number of rotatable bonds is 6. The molecule has 0 aliphatic rings. The zero-order chi connectivity index (χ0) is 14.5. The third kappa shape index (κ3) is 3.45. The highest BCUT2D eigenvalue weighted by molar-refractivity contribution is 5.92. The van der Waals surface area contributed by atoms with Gasteiger partial charge in [-0.05, 0) is 24.1 Å². The fraction of sp³-hybridized carbons (Fsp3) is 0.333. The van der Waals surface area contributed by atoms with Crippen molar-refractivity contribution in [3.05, 3.63) is 47.8 Å². The zero-order valence-electron chi connectivity index (χ0n) is 11.8. The van der Waals surface area contributed by atoms with Crippen LogP contribution in [0, 0.1) is 5.92 Å². The SMILES string of the molecule is CC(C)CNCc1ccccc1-n1cc(C(N)=O)cn1. The Morgan fingerprint density at radius 1 is 1.40 bits per heavy atom. The maximum atomic E-state index is 11.1. The van der Waals surface area contributed by atoms with E-state index in [1.165, 1.54) is 6.20 Å². The summed E-state index contributed by atoms with van der Waals surface area (Å²) in [5, 5.41) is 7.61. The summed E-state index contributed by atoms with van der Waals surface area (Å²) < 4.78 is 1.69. The van der Waals surface area contributed by atoms with Crippen molar-refractivity contribution in [2.75, 3.05) is 6.54 Å². The lowest BCUT2D eigenvalue weighted by Gasteiger charge is -2.11. The Kier molecular flexibility index (Phi) is 4.53. The predicted octanol–water partition coefficient (Wildman–Crippen LogP) is 1.72. The molecule has 0 spiro atoms. The van der Waals surface area contributed by atoms with E-state index in [1.807, 2.05) is 24.3 Å². The van der Waals surface area contributed by atoms with E-state index in [4.69, 9.17) is 5.73 Å². The number of nitrogens with one attached hydrogen (secondary N) is 1. The van der Waals surface area contributed by atoms with Gasteiger partial charge in [0.1, 0.15) is 0 Å². The van der Waals surface area contributed by atoms with Crippen LogP contribution in [0.1, 0.15) is 29.8 Å². The van der Waals surface area contributed by atoms with Crippen LogP contribution in [0.4, 0.5) is 0 Å². The second-order valence-electron chi connectivity index (χ2n) is 5.19. The first-order valence-corrected chi connectivity index (χ1v) is 6.71. The Labute approximate surface area is 118 Å². The summed E-state index contributed by atoms with van der Waals surface area (Å²) in [5.41, 5.74) is 7.75. The average Bonchev–Trinajstić information content (AvgIpc) is 2.88. The molecule has 3 N–H and O–H groups in total. The first-order chi connectivity index (χ1) is 9.58. The summed E-state index contributed by atoms with van der Waals surface area (Å²) in [5.74, 6) is 0.139. The lowest BCUT2D eigenvalue weighted by atomic mass is 10.1. The van der Waals surface area contributed by atoms with Crippen molar-refractivity contribution < 1.29 is 4.79 Å². The van der Waals surface area contributed by atoms with Crippen molar-refractivity contribution in [2.45, 2.75) is 20.4 Å². The monoisotopic (exact) mass is 272 g/mol. The van der Waals surface area contributed by atoms with Crippen LogP contribution >= 0.6 is 0 Å². The third-order valence-electron chi connectivity index (χ3n) is 2.97. The number of nitrogens with zero attached hydrogens (tertiary/aromatic N) is 2. The number of amides is 1. The highest BCUT2D eigenvalue weighted by atomic mass is 16.1. The minimum absolute atomic E-state index is 0.412. The van der Waals surface area contributed by atoms with Gasteiger partial charge in [-0.15, -0.1) is 0 Å². The number of hydrogen-bond acceptors (Lipinski definition) is 3. The lowest BCUT2D eigenvalue weighted by molar-refractivity contribution is 0.100. The Morgan fingerprint density at radius 2 is 2.15 bits per heavy atom. The van der Waals surface area contributed by atoms with Crippen LogP contribution in [-0.4, -0.2) is 22.2 Å². The Hall–Kier alpha value is -2.14. The van der Waals surface area contributed by atoms with Gasteiger partial charge in [0.05, 0.1) is 17.4 Å². The predicted molar refractivity (Wildman–Crippen MR) is 78.6 cm³/mol. The number of carbonyl (C=O) groups excluding carboxylic acids is 1. The Bertz CT molecular complexity index is 589. The number of nitrogens with two attached hydrogens (primary N) is 1. The summed E-state index contributed by atoms with van der Waals surface area (Å²) in [4.78, 5) is 11.1. The first-order valence-electron chi connectivity index (χ1n) is 6.71. The molecule has 106 valence electrons. The fourth-order valence-corrected chi connectivity index (χ4v) is 1.96. The van der Waals surface area contributed by atoms with Gasteiger partial charge in [0, 0.05) is 12.7 Å². The Balaban J connectivity index is 2.20. The molecule has 5 heteroatoms. The molecule has 0 aliphatic carbocycles. The molecule has 2 rings (SSSR count). The van der Waals surface area contributed by atoms with Gasteiger partial charge in [-0.3, -0.25) is 4.79 Å². The van der Waals surface area contributed by atoms with Crippen molar-refractivity contribution in [2.24, 2.45) is 11.7 Å². The third-order valence-corrected chi connectivity index (χ3v) is 2.97. The largest absolute Gasteiger partial charge is 0.366 e. The van der Waals surface area contributed by atoms with Crippen molar-refractivity contribution in [3.63, 3.8) is 0 Å². The van der Waals surface area contributed by atoms with Crippen molar-refractivity contribution in [3.8, 4) is 5.69 Å². The number of carbonyl (C=O) groups is 1. The summed E-state index contributed by atoms with van der Waals surface area (Å²) in [6.45, 7) is 6.07. The molecular weight excluding hydrogens is 252 g/mol. The summed E-state index contributed by atoms with van der Waals surface area (Å²) in [7, 11) is 0. The number of benzene rings is 1. The summed E-state index contributed by atoms with van der Waals surface area (Å²) >= 11 is 0. The topological polar surface area (TPSA) is 72.9 Å². The highest BCUT2D eigenvalue weighted by Gasteiger charge is 2.08. The number of hydrogen-bond donors (Lipinski definition) is 2. The van der Waals surface area contributed by atoms with Gasteiger partial charge in [-0.1, -0.05) is 32.0 Å². The van der Waals surface area contributed by atoms with E-state index < -0.39 is 5.91 Å². The van der Waals surface area contributed by atoms with Gasteiger partial charge in [-0.25, -0.2) is 4.68 Å². The molecule has 1 heterocycles. The maximum Gasteiger partial charge on any atom is 0.251 e. The van der Waals surface area contributed by atoms with Crippen LogP contribution < -0.4 is 11.1 Å². The van der Waals surface area contributed by atoms with Crippen molar-refractivity contribution in [1.29, 1.82) is 0 Å². The molecule has 0 saturated heterocycles. The van der Waals surface area contributed by atoms with Crippen LogP contribution in [0.3, 0.4) is 0 Å². The number of primary amides is 1. The number of aromatic nitrogens is 2. The fourth-order valence-electron chi connectivity index (χ4n) is 1.96. The molecule has 0 unspecified atom stereocenters. The Morgan fingerprint density at radius 3 is 2.80 bits per heavy atom. The quantitative estimate of drug-likeness (QED) is 0.841. The minimum atomic E-state index is -0.466. The normalized spacial score (nSPS) is 10.9. The number of para-hydroxylation sites is 1. The average molecular weight is 272 g/mol. The summed E-state index contributed by atoms with van der Waals surface area (Å²) in [6, 6.07) is 7.97. The van der Waals surface area contributed by atoms with Crippen LogP contribution in [-0.2, 0) is 6.54 Å². The van der Waals surface area contributed by atoms with E-state index in [0.29, 0.717) is 11.5 Å². The van der Waals surface area contributed by atoms with Gasteiger partial charge in [-0.2, -0.15) is 5.10 Å². The maximum absolute atomic E-state index is 11.1. The van der Waals surface area contributed by atoms with E-state index in [2.05, 4.69) is 24.3 Å². The van der Waals surface area contributed by atoms with Crippen LogP contribution in [0.5, 0.6) is 0 Å². The van der Waals surface area contributed by atoms with E-state index in [1.54, 1.807) is 10.9 Å². The molecule has 0 saturated carbocycles. The molecule has 5 nitrogen and oxygen atoms in total. The smallest absolute Gasteiger partial charge is 0.251 e. The standard InChI is InChI=1S/C15H20N4O/c1-11(2)7-17-8-12-5-3-4-6-14(12)19-10-13(9-18-19)15(16)20/h3-6,9-11,17H,7-8H2,1-2H3,(H2,16,20). The lowest BCUT2D eigenvalue weighted by Crippen LogP contribution is -2.20. The van der Waals surface area contributed by atoms with Crippen LogP contribution in [0.2, 0.25) is 0 Å². The second kappa shape index (κ2) is 6.34. The van der Waals surface area contributed by atoms with Gasteiger partial charge in [0.2, 0.25) is 0 Å². The van der Waals surface area contributed by atoms with Gasteiger partial charge >= 0.3 is 0 Å². The molecular formula is C15H20N4O. The first kappa shape index (κ1) is 14.3. The molecule has 0 bridgehead atoms. The molecule has 20 heavy (non-hydrogen) atoms. The zero-order valence-corrected chi connectivity index (χ0v) is 11.8. The second-order valence-corrected chi connectivity index (χ2v) is 5.19. The molecule has 0 fully saturated rings. The van der Waals surface area contributed by atoms with Crippen LogP contribution in [0.25, 0.3) is 5.69 Å². The van der Waals surface area contributed by atoms with E-state index >= 15 is 0 Å². The highest BCUT2D eigenvalue weighted by Crippen LogP contribution is 2.14. The molecule has 0 aliphatic heterocycles. The van der Waals surface area contributed by atoms with Crippen LogP contribution in [0.15, 0.2) is 36.7 Å². The molecule has 1 aromatic carbocycles. The molecule has 0 radical (unpaired) electrons. The van der Waals surface area contributed by atoms with E-state index in [-0.39, 0.29) is 0 Å². The molecule has 2 aromatic rings. The molecule has 1 aromatic heterocycles. The van der Waals surface area contributed by atoms with Gasteiger partial charge < -0.3 is 11.1 Å². The van der Waals surface area contributed by atoms with Gasteiger partial charge in [0.15, 0.2) is 0 Å². The van der Waals surface area contributed by atoms with Crippen molar-refractivity contribution in [1.82, 2.24) is 15.1 Å². The van der Waals surface area contributed by atoms with E-state index in [9.17, 15) is 4.79 Å². The minimum Gasteiger partial charge on any atom is -0.366 e. The van der Waals surface area contributed by atoms with Crippen molar-refractivity contribution >= 4 is 5.91 Å². The van der Waals surface area contributed by atoms with E-state index in [0.717, 1.165) is 24.3 Å².